The van der Waals surface area contributed by atoms with Crippen LogP contribution in [-0.4, -0.2) is 70.4 Å². The number of aliphatic carboxylic acids is 1. The molecule has 3 N–H and O–H groups in total. The van der Waals surface area contributed by atoms with Gasteiger partial charge in [-0.25, -0.2) is 4.79 Å². The van der Waals surface area contributed by atoms with Gasteiger partial charge in [-0.2, -0.15) is 0 Å². The van der Waals surface area contributed by atoms with Crippen molar-refractivity contribution in [2.45, 2.75) is 11.4 Å². The van der Waals surface area contributed by atoms with Gasteiger partial charge in [-0.3, -0.25) is 14.5 Å². The molecule has 25 heavy (non-hydrogen) atoms. The molecule has 2 aliphatic rings. The zero-order valence-corrected chi connectivity index (χ0v) is 13.9. The summed E-state index contributed by atoms with van der Waals surface area (Å²) in [6.07, 6.45) is 0. The average molecular weight is 376 g/mol. The van der Waals surface area contributed by atoms with Crippen LogP contribution >= 0.6 is 23.4 Å². The number of carbonyl (C=O) groups is 3. The zero-order valence-electron chi connectivity index (χ0n) is 12.4. The predicted molar refractivity (Wildman–Crippen MR) is 97.6 cm³/mol. The van der Waals surface area contributed by atoms with Crippen molar-refractivity contribution in [2.24, 2.45) is 0 Å². The molecule has 2 amide bonds. The van der Waals surface area contributed by atoms with E-state index >= 15 is 0 Å². The van der Waals surface area contributed by atoms with E-state index in [0.717, 1.165) is 10.6 Å². The number of benzene rings is 1. The molecular weight excluding hydrogens is 361 g/mol. The Morgan fingerprint density at radius 3 is 2.64 bits per heavy atom. The molecule has 2 aliphatic heterocycles. The number of carboxylic acids is 1. The van der Waals surface area contributed by atoms with E-state index in [1.165, 1.54) is 11.8 Å². The van der Waals surface area contributed by atoms with Gasteiger partial charge < -0.3 is 15.7 Å². The third-order valence-corrected chi connectivity index (χ3v) is 5.42. The van der Waals surface area contributed by atoms with Crippen molar-refractivity contribution in [3.05, 3.63) is 41.1 Å². The van der Waals surface area contributed by atoms with E-state index in [9.17, 15) is 19.5 Å². The molecule has 7 nitrogen and oxygen atoms in total. The number of β-lactam (4-membered cyclic amide) rings is 1. The third-order valence-electron chi connectivity index (χ3n) is 3.67. The maximum atomic E-state index is 12.2. The Kier molecular flexibility index (Phi) is 6.46. The van der Waals surface area contributed by atoms with Gasteiger partial charge in [0, 0.05) is 11.4 Å². The van der Waals surface area contributed by atoms with Crippen molar-refractivity contribution in [3.63, 3.8) is 0 Å². The van der Waals surface area contributed by atoms with Gasteiger partial charge in [0.05, 0.1) is 11.6 Å². The van der Waals surface area contributed by atoms with E-state index in [1.54, 1.807) is 0 Å². The number of thioether (sulfide) groups is 1. The Hall–Kier alpha value is -1.59. The van der Waals surface area contributed by atoms with Crippen LogP contribution in [0.1, 0.15) is 0 Å². The molecule has 0 aromatic heterocycles. The molecule has 0 spiro atoms. The fraction of sp³-hybridized carbons (Fsp3) is 0.267. The number of halogens is 1. The second kappa shape index (κ2) is 8.19. The second-order valence-electron chi connectivity index (χ2n) is 5.23. The molecule has 0 saturated carbocycles. The number of hydrogen-bond donors (Lipinski definition) is 3. The first-order valence-electron chi connectivity index (χ1n) is 7.14. The molecule has 1 aromatic carbocycles. The van der Waals surface area contributed by atoms with Crippen LogP contribution in [0.3, 0.4) is 0 Å². The quantitative estimate of drug-likeness (QED) is 0.508. The molecule has 0 bridgehead atoms. The van der Waals surface area contributed by atoms with Crippen LogP contribution in [0.4, 0.5) is 5.69 Å². The SMILES string of the molecule is O=C(CNc1ccccc1)NC1C(=O)N2C(C(=O)O)=C(Cl)CS[C@H]12.[LiH]. The van der Waals surface area contributed by atoms with E-state index in [-0.39, 0.29) is 42.0 Å². The summed E-state index contributed by atoms with van der Waals surface area (Å²) in [6, 6.07) is 8.47. The van der Waals surface area contributed by atoms with E-state index in [4.69, 9.17) is 11.6 Å². The minimum atomic E-state index is -1.24. The molecular formula is C15H15ClLiN3O4S. The number of nitrogens with one attached hydrogen (secondary N) is 2. The fourth-order valence-electron chi connectivity index (χ4n) is 2.54. The number of para-hydroxylation sites is 1. The Morgan fingerprint density at radius 2 is 2.00 bits per heavy atom. The van der Waals surface area contributed by atoms with Crippen molar-refractivity contribution in [1.29, 1.82) is 0 Å². The number of carboxylic acid groups (broad SMARTS) is 1. The number of anilines is 1. The van der Waals surface area contributed by atoms with Gasteiger partial charge >= 0.3 is 24.8 Å². The molecule has 128 valence electrons. The van der Waals surface area contributed by atoms with Crippen LogP contribution in [0.2, 0.25) is 0 Å². The normalized spacial score (nSPS) is 21.6. The van der Waals surface area contributed by atoms with Crippen molar-refractivity contribution >= 4 is 65.7 Å². The van der Waals surface area contributed by atoms with Crippen LogP contribution in [0.15, 0.2) is 41.1 Å². The molecule has 10 heteroatoms. The predicted octanol–water partition coefficient (Wildman–Crippen LogP) is 0.385. The van der Waals surface area contributed by atoms with Crippen molar-refractivity contribution < 1.29 is 19.5 Å². The van der Waals surface area contributed by atoms with Crippen LogP contribution in [-0.2, 0) is 14.4 Å². The fourth-order valence-corrected chi connectivity index (χ4v) is 4.09. The summed E-state index contributed by atoms with van der Waals surface area (Å²) in [6.45, 7) is 0.0214. The van der Waals surface area contributed by atoms with Gasteiger partial charge in [0.15, 0.2) is 0 Å². The Labute approximate surface area is 165 Å². The van der Waals surface area contributed by atoms with Gasteiger partial charge in [-0.05, 0) is 12.1 Å². The van der Waals surface area contributed by atoms with Gasteiger partial charge in [0.25, 0.3) is 5.91 Å². The van der Waals surface area contributed by atoms with E-state index in [2.05, 4.69) is 10.6 Å². The molecule has 0 radical (unpaired) electrons. The first-order chi connectivity index (χ1) is 11.5. The van der Waals surface area contributed by atoms with Gasteiger partial charge in [0.2, 0.25) is 5.91 Å². The molecule has 2 atom stereocenters. The summed E-state index contributed by atoms with van der Waals surface area (Å²) in [5.41, 5.74) is 0.599. The van der Waals surface area contributed by atoms with E-state index in [0.29, 0.717) is 5.75 Å². The van der Waals surface area contributed by atoms with Crippen molar-refractivity contribution in [3.8, 4) is 0 Å². The number of rotatable bonds is 5. The van der Waals surface area contributed by atoms with Crippen molar-refractivity contribution in [2.75, 3.05) is 17.6 Å². The molecule has 1 fully saturated rings. The van der Waals surface area contributed by atoms with Crippen molar-refractivity contribution in [1.82, 2.24) is 10.2 Å². The topological polar surface area (TPSA) is 98.7 Å². The summed E-state index contributed by atoms with van der Waals surface area (Å²) in [5, 5.41) is 14.5. The molecule has 3 rings (SSSR count). The van der Waals surface area contributed by atoms with Crippen LogP contribution in [0.5, 0.6) is 0 Å². The maximum absolute atomic E-state index is 12.2. The zero-order chi connectivity index (χ0) is 17.3. The average Bonchev–Trinajstić information content (AvgIpc) is 2.58. The number of nitrogens with zero attached hydrogens (tertiary/aromatic N) is 1. The molecule has 1 aromatic rings. The second-order valence-corrected chi connectivity index (χ2v) is 6.79. The Balaban J connectivity index is 0.00000225. The number of hydrogen-bond acceptors (Lipinski definition) is 5. The molecule has 0 aliphatic carbocycles. The van der Waals surface area contributed by atoms with Crippen LogP contribution in [0.25, 0.3) is 0 Å². The standard InChI is InChI=1S/C15H14ClN3O4S.Li.H/c16-9-7-24-14-11(13(21)19(14)12(9)15(22)23)18-10(20)6-17-8-4-2-1-3-5-8;;/h1-5,11,14,17H,6-7H2,(H,18,20)(H,22,23);;/t11?,14-;;/m1../s1. The van der Waals surface area contributed by atoms with Gasteiger partial charge in [-0.1, -0.05) is 29.8 Å². The van der Waals surface area contributed by atoms with Crippen LogP contribution in [0, 0.1) is 0 Å². The Bertz CT molecular complexity index is 731. The minimum absolute atomic E-state index is 0. The molecule has 1 saturated heterocycles. The third kappa shape index (κ3) is 3.98. The first kappa shape index (κ1) is 19.7. The number of carbonyl (C=O) groups excluding carboxylic acids is 2. The summed E-state index contributed by atoms with van der Waals surface area (Å²) in [7, 11) is 0. The Morgan fingerprint density at radius 1 is 1.32 bits per heavy atom. The van der Waals surface area contributed by atoms with E-state index in [1.807, 2.05) is 30.3 Å². The number of amides is 2. The monoisotopic (exact) mass is 375 g/mol. The molecule has 2 heterocycles. The number of fused-ring (bicyclic) bond motifs is 1. The summed E-state index contributed by atoms with van der Waals surface area (Å²) >= 11 is 7.22. The summed E-state index contributed by atoms with van der Waals surface area (Å²) in [4.78, 5) is 36.6. The summed E-state index contributed by atoms with van der Waals surface area (Å²) in [5.74, 6) is -1.74. The summed E-state index contributed by atoms with van der Waals surface area (Å²) < 4.78 is 0. The van der Waals surface area contributed by atoms with Crippen LogP contribution < -0.4 is 10.6 Å². The molecule has 1 unspecified atom stereocenters. The van der Waals surface area contributed by atoms with Gasteiger partial charge in [0.1, 0.15) is 17.1 Å². The van der Waals surface area contributed by atoms with Gasteiger partial charge in [-0.15, -0.1) is 11.8 Å². The van der Waals surface area contributed by atoms with E-state index < -0.39 is 23.3 Å². The first-order valence-corrected chi connectivity index (χ1v) is 8.56.